The van der Waals surface area contributed by atoms with Crippen molar-refractivity contribution in [2.75, 3.05) is 11.8 Å². The van der Waals surface area contributed by atoms with Gasteiger partial charge >= 0.3 is 5.97 Å². The predicted molar refractivity (Wildman–Crippen MR) is 98.1 cm³/mol. The zero-order chi connectivity index (χ0) is 19.5. The third-order valence-corrected chi connectivity index (χ3v) is 5.88. The van der Waals surface area contributed by atoms with Crippen molar-refractivity contribution in [2.45, 2.75) is 24.8 Å². The van der Waals surface area contributed by atoms with Crippen LogP contribution in [0, 0.1) is 6.92 Å². The number of carbonyl (C=O) groups excluding carboxylic acids is 2. The number of carbonyl (C=O) groups is 2. The van der Waals surface area contributed by atoms with E-state index >= 15 is 0 Å². The number of hydrogen-bond donors (Lipinski definition) is 2. The van der Waals surface area contributed by atoms with Crippen LogP contribution in [0.15, 0.2) is 29.2 Å². The standard InChI is InChI=1S/C15H16ClN3O5S2/c1-8(14(21)24-3)17-13(20)12-9(2)25-15(18-12)19-26(22,23)11-6-4-10(16)5-7-11/h4-8H,1-3H3,(H,17,20)(H,18,19)/t8-/m0/s1. The van der Waals surface area contributed by atoms with Crippen molar-refractivity contribution in [3.8, 4) is 0 Å². The quantitative estimate of drug-likeness (QED) is 0.696. The Hall–Kier alpha value is -2.17. The van der Waals surface area contributed by atoms with E-state index in [0.29, 0.717) is 9.90 Å². The van der Waals surface area contributed by atoms with E-state index in [4.69, 9.17) is 11.6 Å². The highest BCUT2D eigenvalue weighted by Gasteiger charge is 2.23. The lowest BCUT2D eigenvalue weighted by molar-refractivity contribution is -0.142. The number of aromatic nitrogens is 1. The Morgan fingerprint density at radius 2 is 1.88 bits per heavy atom. The molecule has 0 saturated heterocycles. The third-order valence-electron chi connectivity index (χ3n) is 3.26. The van der Waals surface area contributed by atoms with Gasteiger partial charge in [-0.3, -0.25) is 9.52 Å². The molecule has 0 saturated carbocycles. The molecular weight excluding hydrogens is 402 g/mol. The number of benzene rings is 1. The Labute approximate surface area is 159 Å². The fourth-order valence-electron chi connectivity index (χ4n) is 1.94. The number of amides is 1. The number of ether oxygens (including phenoxy) is 1. The molecule has 1 heterocycles. The molecule has 11 heteroatoms. The van der Waals surface area contributed by atoms with Gasteiger partial charge in [-0.25, -0.2) is 18.2 Å². The molecule has 2 N–H and O–H groups in total. The highest BCUT2D eigenvalue weighted by atomic mass is 35.5. The maximum Gasteiger partial charge on any atom is 0.328 e. The lowest BCUT2D eigenvalue weighted by Crippen LogP contribution is -2.39. The molecule has 1 aromatic carbocycles. The largest absolute Gasteiger partial charge is 0.467 e. The fourth-order valence-corrected chi connectivity index (χ4v) is 4.11. The molecule has 8 nitrogen and oxygen atoms in total. The van der Waals surface area contributed by atoms with Crippen molar-refractivity contribution in [2.24, 2.45) is 0 Å². The smallest absolute Gasteiger partial charge is 0.328 e. The molecule has 0 spiro atoms. The number of methoxy groups -OCH3 is 1. The second kappa shape index (κ2) is 8.02. The highest BCUT2D eigenvalue weighted by Crippen LogP contribution is 2.25. The molecule has 0 bridgehead atoms. The summed E-state index contributed by atoms with van der Waals surface area (Å²) >= 11 is 6.76. The molecule has 140 valence electrons. The number of sulfonamides is 1. The van der Waals surface area contributed by atoms with Crippen LogP contribution in [-0.2, 0) is 19.6 Å². The van der Waals surface area contributed by atoms with Gasteiger partial charge in [-0.15, -0.1) is 11.3 Å². The monoisotopic (exact) mass is 417 g/mol. The van der Waals surface area contributed by atoms with Crippen LogP contribution in [0.1, 0.15) is 22.3 Å². The van der Waals surface area contributed by atoms with Gasteiger partial charge in [0.1, 0.15) is 11.7 Å². The van der Waals surface area contributed by atoms with Crippen LogP contribution in [0.5, 0.6) is 0 Å². The van der Waals surface area contributed by atoms with Crippen LogP contribution in [0.25, 0.3) is 0 Å². The van der Waals surface area contributed by atoms with Gasteiger partial charge in [0.25, 0.3) is 15.9 Å². The van der Waals surface area contributed by atoms with Gasteiger partial charge < -0.3 is 10.1 Å². The summed E-state index contributed by atoms with van der Waals surface area (Å²) in [7, 11) is -2.66. The number of nitrogens with one attached hydrogen (secondary N) is 2. The number of esters is 1. The van der Waals surface area contributed by atoms with Gasteiger partial charge in [0, 0.05) is 9.90 Å². The van der Waals surface area contributed by atoms with Gasteiger partial charge in [0.15, 0.2) is 5.13 Å². The normalized spacial score (nSPS) is 12.3. The molecule has 0 unspecified atom stereocenters. The summed E-state index contributed by atoms with van der Waals surface area (Å²) in [6.45, 7) is 3.09. The molecule has 2 aromatic rings. The minimum Gasteiger partial charge on any atom is -0.467 e. The van der Waals surface area contributed by atoms with E-state index in [-0.39, 0.29) is 15.7 Å². The Bertz CT molecular complexity index is 925. The van der Waals surface area contributed by atoms with E-state index in [1.807, 2.05) is 0 Å². The van der Waals surface area contributed by atoms with Crippen molar-refractivity contribution in [1.29, 1.82) is 0 Å². The average Bonchev–Trinajstić information content (AvgIpc) is 2.94. The van der Waals surface area contributed by atoms with E-state index < -0.39 is 27.9 Å². The topological polar surface area (TPSA) is 114 Å². The second-order valence-corrected chi connectivity index (χ2v) is 8.52. The van der Waals surface area contributed by atoms with Crippen molar-refractivity contribution >= 4 is 50.0 Å². The lowest BCUT2D eigenvalue weighted by atomic mass is 10.3. The van der Waals surface area contributed by atoms with Gasteiger partial charge in [0.2, 0.25) is 0 Å². The zero-order valence-corrected chi connectivity index (χ0v) is 16.5. The third kappa shape index (κ3) is 4.71. The Morgan fingerprint density at radius 1 is 1.27 bits per heavy atom. The van der Waals surface area contributed by atoms with Crippen molar-refractivity contribution in [3.05, 3.63) is 39.9 Å². The van der Waals surface area contributed by atoms with E-state index in [1.165, 1.54) is 38.3 Å². The fraction of sp³-hybridized carbons (Fsp3) is 0.267. The number of nitrogens with zero attached hydrogens (tertiary/aromatic N) is 1. The molecular formula is C15H16ClN3O5S2. The molecule has 26 heavy (non-hydrogen) atoms. The summed E-state index contributed by atoms with van der Waals surface area (Å²) in [5, 5.41) is 2.89. The zero-order valence-electron chi connectivity index (χ0n) is 14.1. The summed E-state index contributed by atoms with van der Waals surface area (Å²) in [4.78, 5) is 28.1. The van der Waals surface area contributed by atoms with E-state index in [0.717, 1.165) is 11.3 Å². The average molecular weight is 418 g/mol. The Balaban J connectivity index is 2.18. The first-order chi connectivity index (χ1) is 12.1. The molecule has 0 aliphatic heterocycles. The number of anilines is 1. The number of thiazole rings is 1. The molecule has 1 amide bonds. The lowest BCUT2D eigenvalue weighted by Gasteiger charge is -2.10. The molecule has 2 rings (SSSR count). The van der Waals surface area contributed by atoms with Crippen LogP contribution in [0.4, 0.5) is 5.13 Å². The summed E-state index contributed by atoms with van der Waals surface area (Å²) in [5.74, 6) is -1.21. The molecule has 0 aliphatic rings. The summed E-state index contributed by atoms with van der Waals surface area (Å²) in [6.07, 6.45) is 0. The summed E-state index contributed by atoms with van der Waals surface area (Å²) in [6, 6.07) is 4.77. The van der Waals surface area contributed by atoms with Gasteiger partial charge in [-0.1, -0.05) is 11.6 Å². The van der Waals surface area contributed by atoms with Crippen LogP contribution >= 0.6 is 22.9 Å². The molecule has 0 radical (unpaired) electrons. The summed E-state index contributed by atoms with van der Waals surface area (Å²) in [5.41, 5.74) is 0.0274. The van der Waals surface area contributed by atoms with Crippen LogP contribution < -0.4 is 10.0 Å². The number of halogens is 1. The Morgan fingerprint density at radius 3 is 2.46 bits per heavy atom. The van der Waals surface area contributed by atoms with Crippen LogP contribution in [0.3, 0.4) is 0 Å². The van der Waals surface area contributed by atoms with Crippen LogP contribution in [0.2, 0.25) is 5.02 Å². The highest BCUT2D eigenvalue weighted by molar-refractivity contribution is 7.93. The minimum absolute atomic E-state index is 0.0140. The van der Waals surface area contributed by atoms with Crippen molar-refractivity contribution in [1.82, 2.24) is 10.3 Å². The van der Waals surface area contributed by atoms with Gasteiger partial charge in [-0.05, 0) is 38.1 Å². The SMILES string of the molecule is COC(=O)[C@H](C)NC(=O)c1nc(NS(=O)(=O)c2ccc(Cl)cc2)sc1C. The minimum atomic E-state index is -3.87. The number of aryl methyl sites for hydroxylation is 1. The molecule has 0 aliphatic carbocycles. The summed E-state index contributed by atoms with van der Waals surface area (Å²) < 4.78 is 31.6. The van der Waals surface area contributed by atoms with Gasteiger partial charge in [0.05, 0.1) is 12.0 Å². The van der Waals surface area contributed by atoms with E-state index in [1.54, 1.807) is 6.92 Å². The predicted octanol–water partition coefficient (Wildman–Crippen LogP) is 2.20. The molecule has 1 aromatic heterocycles. The maximum absolute atomic E-state index is 12.4. The molecule has 1 atom stereocenters. The maximum atomic E-state index is 12.4. The number of hydrogen-bond acceptors (Lipinski definition) is 7. The molecule has 0 fully saturated rings. The van der Waals surface area contributed by atoms with E-state index in [2.05, 4.69) is 19.8 Å². The van der Waals surface area contributed by atoms with Crippen LogP contribution in [-0.4, -0.2) is 38.4 Å². The van der Waals surface area contributed by atoms with Crippen molar-refractivity contribution < 1.29 is 22.7 Å². The first-order valence-electron chi connectivity index (χ1n) is 7.28. The Kier molecular flexibility index (Phi) is 6.21. The van der Waals surface area contributed by atoms with Crippen molar-refractivity contribution in [3.63, 3.8) is 0 Å². The second-order valence-electron chi connectivity index (χ2n) is 5.20. The first kappa shape index (κ1) is 20.1. The first-order valence-corrected chi connectivity index (χ1v) is 9.96. The van der Waals surface area contributed by atoms with Gasteiger partial charge in [-0.2, -0.15) is 0 Å². The number of rotatable bonds is 6. The van der Waals surface area contributed by atoms with E-state index in [9.17, 15) is 18.0 Å².